The Morgan fingerprint density at radius 3 is 2.38 bits per heavy atom. The molecule has 0 amide bonds. The molecule has 1 aromatic rings. The van der Waals surface area contributed by atoms with Gasteiger partial charge in [-0.05, 0) is 0 Å². The van der Waals surface area contributed by atoms with Crippen molar-refractivity contribution in [2.75, 3.05) is 0 Å². The highest BCUT2D eigenvalue weighted by atomic mass is 15.4. The van der Waals surface area contributed by atoms with E-state index in [1.807, 2.05) is 0 Å². The van der Waals surface area contributed by atoms with E-state index in [0.717, 1.165) is 0 Å². The lowest BCUT2D eigenvalue weighted by molar-refractivity contribution is 0.676. The van der Waals surface area contributed by atoms with E-state index in [4.69, 9.17) is 5.41 Å². The van der Waals surface area contributed by atoms with Crippen molar-refractivity contribution < 1.29 is 0 Å². The van der Waals surface area contributed by atoms with Gasteiger partial charge in [0.15, 0.2) is 0 Å². The molecule has 1 aromatic heterocycles. The minimum absolute atomic E-state index is 0.407. The molecular weight excluding hydrogens is 104 g/mol. The van der Waals surface area contributed by atoms with Gasteiger partial charge in [0.2, 0.25) is 5.62 Å². The Labute approximate surface area is 46.9 Å². The molecule has 4 nitrogen and oxygen atoms in total. The summed E-state index contributed by atoms with van der Waals surface area (Å²) in [7, 11) is 3.53. The maximum atomic E-state index is 7.19. The van der Waals surface area contributed by atoms with Crippen LogP contribution in [0.3, 0.4) is 0 Å². The number of rotatable bonds is 0. The first-order valence-corrected chi connectivity index (χ1v) is 2.31. The van der Waals surface area contributed by atoms with Gasteiger partial charge in [0.05, 0.1) is 0 Å². The van der Waals surface area contributed by atoms with Crippen LogP contribution in [0.5, 0.6) is 0 Å². The van der Waals surface area contributed by atoms with Crippen LogP contribution in [0.15, 0.2) is 6.33 Å². The maximum absolute atomic E-state index is 7.19. The summed E-state index contributed by atoms with van der Waals surface area (Å²) in [6.45, 7) is 0. The molecule has 44 valence electrons. The standard InChI is InChI=1S/C4H8N4/c1-7-3-6-8(2)4(7)5/h3,5H,1-2H3. The van der Waals surface area contributed by atoms with Gasteiger partial charge < -0.3 is 4.57 Å². The average Bonchev–Trinajstić information content (AvgIpc) is 1.98. The van der Waals surface area contributed by atoms with Crippen LogP contribution in [0, 0.1) is 5.41 Å². The molecule has 8 heavy (non-hydrogen) atoms. The molecule has 0 saturated heterocycles. The predicted octanol–water partition coefficient (Wildman–Crippen LogP) is -0.762. The number of nitrogens with one attached hydrogen (secondary N) is 1. The summed E-state index contributed by atoms with van der Waals surface area (Å²) in [5.74, 6) is 0. The van der Waals surface area contributed by atoms with Crippen molar-refractivity contribution in [3.05, 3.63) is 11.9 Å². The van der Waals surface area contributed by atoms with Crippen LogP contribution in [0.25, 0.3) is 0 Å². The highest BCUT2D eigenvalue weighted by molar-refractivity contribution is 4.56. The molecule has 4 heteroatoms. The Balaban J connectivity index is 3.42. The van der Waals surface area contributed by atoms with Crippen molar-refractivity contribution >= 4 is 0 Å². The zero-order valence-corrected chi connectivity index (χ0v) is 4.92. The molecule has 0 aliphatic rings. The Kier molecular flexibility index (Phi) is 0.932. The van der Waals surface area contributed by atoms with Crippen LogP contribution in [0.1, 0.15) is 0 Å². The minimum atomic E-state index is 0.407. The fraction of sp³-hybridized carbons (Fsp3) is 0.500. The van der Waals surface area contributed by atoms with Gasteiger partial charge >= 0.3 is 0 Å². The number of nitrogens with zero attached hydrogens (tertiary/aromatic N) is 3. The van der Waals surface area contributed by atoms with Gasteiger partial charge in [-0.25, -0.2) is 4.68 Å². The molecule has 0 aromatic carbocycles. The molecule has 0 aliphatic carbocycles. The van der Waals surface area contributed by atoms with Gasteiger partial charge in [0, 0.05) is 14.1 Å². The summed E-state index contributed by atoms with van der Waals surface area (Å²) in [5.41, 5.74) is 0.407. The molecule has 0 atom stereocenters. The maximum Gasteiger partial charge on any atom is 0.219 e. The molecule has 0 saturated carbocycles. The Hall–Kier alpha value is -1.06. The quantitative estimate of drug-likeness (QED) is 0.471. The number of aryl methyl sites for hydroxylation is 2. The lowest BCUT2D eigenvalue weighted by atomic mass is 11.0. The van der Waals surface area contributed by atoms with E-state index in [0.29, 0.717) is 5.62 Å². The van der Waals surface area contributed by atoms with Crippen LogP contribution in [-0.4, -0.2) is 14.3 Å². The number of aromatic nitrogens is 3. The highest BCUT2D eigenvalue weighted by Crippen LogP contribution is 1.64. The second-order valence-electron chi connectivity index (χ2n) is 1.69. The number of hydrogen-bond donors (Lipinski definition) is 1. The molecule has 1 N–H and O–H groups in total. The van der Waals surface area contributed by atoms with Crippen molar-refractivity contribution in [2.24, 2.45) is 14.1 Å². The van der Waals surface area contributed by atoms with Crippen molar-refractivity contribution in [3.63, 3.8) is 0 Å². The zero-order chi connectivity index (χ0) is 6.15. The summed E-state index contributed by atoms with van der Waals surface area (Å²) in [6.07, 6.45) is 1.60. The fourth-order valence-corrected chi connectivity index (χ4v) is 0.493. The second-order valence-corrected chi connectivity index (χ2v) is 1.69. The van der Waals surface area contributed by atoms with Gasteiger partial charge in [-0.3, -0.25) is 5.41 Å². The third-order valence-corrected chi connectivity index (χ3v) is 1.04. The third kappa shape index (κ3) is 0.538. The molecule has 0 bridgehead atoms. The highest BCUT2D eigenvalue weighted by Gasteiger charge is 1.86. The lowest BCUT2D eigenvalue weighted by Crippen LogP contribution is -2.19. The van der Waals surface area contributed by atoms with Crippen molar-refractivity contribution in [1.29, 1.82) is 5.41 Å². The summed E-state index contributed by atoms with van der Waals surface area (Å²) in [6, 6.07) is 0. The summed E-state index contributed by atoms with van der Waals surface area (Å²) in [5, 5.41) is 11.0. The van der Waals surface area contributed by atoms with Crippen molar-refractivity contribution in [1.82, 2.24) is 14.3 Å². The van der Waals surface area contributed by atoms with Gasteiger partial charge in [0.25, 0.3) is 0 Å². The van der Waals surface area contributed by atoms with Crippen LogP contribution < -0.4 is 5.62 Å². The minimum Gasteiger partial charge on any atom is -0.303 e. The normalized spacial score (nSPS) is 9.75. The lowest BCUT2D eigenvalue weighted by Gasteiger charge is -1.83. The van der Waals surface area contributed by atoms with E-state index in [2.05, 4.69) is 5.10 Å². The van der Waals surface area contributed by atoms with Crippen LogP contribution in [-0.2, 0) is 14.1 Å². The van der Waals surface area contributed by atoms with E-state index in [9.17, 15) is 0 Å². The van der Waals surface area contributed by atoms with Gasteiger partial charge in [-0.1, -0.05) is 0 Å². The molecule has 0 unspecified atom stereocenters. The summed E-state index contributed by atoms with van der Waals surface area (Å²) >= 11 is 0. The Morgan fingerprint density at radius 2 is 2.25 bits per heavy atom. The zero-order valence-electron chi connectivity index (χ0n) is 4.92. The van der Waals surface area contributed by atoms with Crippen molar-refractivity contribution in [3.8, 4) is 0 Å². The second kappa shape index (κ2) is 1.47. The molecule has 1 heterocycles. The van der Waals surface area contributed by atoms with Crippen LogP contribution in [0.4, 0.5) is 0 Å². The van der Waals surface area contributed by atoms with Gasteiger partial charge in [-0.15, -0.1) is 0 Å². The van der Waals surface area contributed by atoms with E-state index in [1.54, 1.807) is 25.0 Å². The van der Waals surface area contributed by atoms with Crippen LogP contribution >= 0.6 is 0 Å². The predicted molar refractivity (Wildman–Crippen MR) is 28.0 cm³/mol. The first-order valence-electron chi connectivity index (χ1n) is 2.31. The first-order chi connectivity index (χ1) is 3.72. The molecular formula is C4H8N4. The molecule has 0 radical (unpaired) electrons. The average molecular weight is 112 g/mol. The Bertz CT molecular complexity index is 208. The largest absolute Gasteiger partial charge is 0.303 e. The van der Waals surface area contributed by atoms with Gasteiger partial charge in [-0.2, -0.15) is 5.10 Å². The van der Waals surface area contributed by atoms with Gasteiger partial charge in [0.1, 0.15) is 6.33 Å². The monoisotopic (exact) mass is 112 g/mol. The molecule has 1 rings (SSSR count). The smallest absolute Gasteiger partial charge is 0.219 e. The summed E-state index contributed by atoms with van der Waals surface area (Å²) in [4.78, 5) is 0. The molecule has 0 fully saturated rings. The molecule has 0 spiro atoms. The van der Waals surface area contributed by atoms with E-state index in [1.165, 1.54) is 4.68 Å². The van der Waals surface area contributed by atoms with E-state index in [-0.39, 0.29) is 0 Å². The van der Waals surface area contributed by atoms with Crippen LogP contribution in [0.2, 0.25) is 0 Å². The number of hydrogen-bond acceptors (Lipinski definition) is 2. The first kappa shape index (κ1) is 5.08. The SMILES string of the molecule is Cn1cnn(C)c1=N. The third-order valence-electron chi connectivity index (χ3n) is 1.04. The Morgan fingerprint density at radius 1 is 1.62 bits per heavy atom. The van der Waals surface area contributed by atoms with E-state index < -0.39 is 0 Å². The molecule has 0 aliphatic heterocycles. The summed E-state index contributed by atoms with van der Waals surface area (Å²) < 4.78 is 3.14. The van der Waals surface area contributed by atoms with Crippen molar-refractivity contribution in [2.45, 2.75) is 0 Å². The van der Waals surface area contributed by atoms with E-state index >= 15 is 0 Å². The fourth-order valence-electron chi connectivity index (χ4n) is 0.493. The topological polar surface area (TPSA) is 46.6 Å².